The fourth-order valence-electron chi connectivity index (χ4n) is 2.51. The summed E-state index contributed by atoms with van der Waals surface area (Å²) < 4.78 is 10.4. The molecule has 0 spiro atoms. The van der Waals surface area contributed by atoms with Crippen molar-refractivity contribution in [1.29, 1.82) is 0 Å². The van der Waals surface area contributed by atoms with Gasteiger partial charge < -0.3 is 9.47 Å². The standard InChI is InChI=1S/C15H15NO5/c1-9-4-14(18)16(15(19)5-9)7-11(17)10-2-3-12-13(6-10)21-8-20-12/h2-3,6,9H,4-5,7-8H2,1H3. The minimum Gasteiger partial charge on any atom is -0.454 e. The van der Waals surface area contributed by atoms with E-state index in [1.807, 2.05) is 6.92 Å². The van der Waals surface area contributed by atoms with Crippen molar-refractivity contribution >= 4 is 17.6 Å². The molecule has 0 atom stereocenters. The summed E-state index contributed by atoms with van der Waals surface area (Å²) in [5.74, 6) is 0.281. The van der Waals surface area contributed by atoms with Crippen LogP contribution in [0.4, 0.5) is 0 Å². The third kappa shape index (κ3) is 2.61. The van der Waals surface area contributed by atoms with E-state index in [1.54, 1.807) is 18.2 Å². The second-order valence-electron chi connectivity index (χ2n) is 5.38. The number of ketones is 1. The van der Waals surface area contributed by atoms with E-state index in [2.05, 4.69) is 0 Å². The summed E-state index contributed by atoms with van der Waals surface area (Å²) in [5, 5.41) is 0. The summed E-state index contributed by atoms with van der Waals surface area (Å²) in [6.45, 7) is 1.77. The van der Waals surface area contributed by atoms with Crippen LogP contribution < -0.4 is 9.47 Å². The van der Waals surface area contributed by atoms with Crippen molar-refractivity contribution in [3.8, 4) is 11.5 Å². The van der Waals surface area contributed by atoms with Gasteiger partial charge >= 0.3 is 0 Å². The van der Waals surface area contributed by atoms with Crippen molar-refractivity contribution < 1.29 is 23.9 Å². The van der Waals surface area contributed by atoms with Crippen molar-refractivity contribution in [2.75, 3.05) is 13.3 Å². The van der Waals surface area contributed by atoms with Gasteiger partial charge in [0.2, 0.25) is 18.6 Å². The van der Waals surface area contributed by atoms with Crippen molar-refractivity contribution in [3.05, 3.63) is 23.8 Å². The lowest BCUT2D eigenvalue weighted by atomic mass is 9.97. The minimum absolute atomic E-state index is 0.0434. The number of imide groups is 1. The zero-order valence-electron chi connectivity index (χ0n) is 11.6. The van der Waals surface area contributed by atoms with Crippen molar-refractivity contribution in [2.24, 2.45) is 5.92 Å². The van der Waals surface area contributed by atoms with Crippen LogP contribution >= 0.6 is 0 Å². The van der Waals surface area contributed by atoms with Crippen LogP contribution in [0.5, 0.6) is 11.5 Å². The first-order chi connectivity index (χ1) is 10.0. The van der Waals surface area contributed by atoms with E-state index in [0.717, 1.165) is 4.90 Å². The molecule has 1 saturated heterocycles. The first-order valence-electron chi connectivity index (χ1n) is 6.80. The highest BCUT2D eigenvalue weighted by Crippen LogP contribution is 2.32. The molecule has 3 rings (SSSR count). The van der Waals surface area contributed by atoms with E-state index in [-0.39, 0.29) is 36.9 Å². The number of likely N-dealkylation sites (tertiary alicyclic amines) is 1. The smallest absolute Gasteiger partial charge is 0.231 e. The van der Waals surface area contributed by atoms with Gasteiger partial charge in [0, 0.05) is 18.4 Å². The highest BCUT2D eigenvalue weighted by molar-refractivity contribution is 6.05. The molecule has 2 amide bonds. The first-order valence-corrected chi connectivity index (χ1v) is 6.80. The van der Waals surface area contributed by atoms with E-state index in [9.17, 15) is 14.4 Å². The Bertz CT molecular complexity index is 606. The number of nitrogens with zero attached hydrogens (tertiary/aromatic N) is 1. The Labute approximate surface area is 121 Å². The van der Waals surface area contributed by atoms with Crippen molar-refractivity contribution in [3.63, 3.8) is 0 Å². The largest absolute Gasteiger partial charge is 0.454 e. The Morgan fingerprint density at radius 2 is 1.86 bits per heavy atom. The number of benzene rings is 1. The minimum atomic E-state index is -0.287. The molecule has 6 nitrogen and oxygen atoms in total. The third-order valence-electron chi connectivity index (χ3n) is 3.64. The second-order valence-corrected chi connectivity index (χ2v) is 5.38. The number of rotatable bonds is 3. The number of carbonyl (C=O) groups excluding carboxylic acids is 3. The number of fused-ring (bicyclic) bond motifs is 1. The molecule has 0 saturated carbocycles. The summed E-state index contributed by atoms with van der Waals surface area (Å²) in [6, 6.07) is 4.83. The molecule has 0 N–H and O–H groups in total. The van der Waals surface area contributed by atoms with E-state index >= 15 is 0 Å². The number of hydrogen-bond acceptors (Lipinski definition) is 5. The van der Waals surface area contributed by atoms with Gasteiger partial charge in [-0.25, -0.2) is 0 Å². The lowest BCUT2D eigenvalue weighted by Gasteiger charge is -2.27. The van der Waals surface area contributed by atoms with Gasteiger partial charge in [-0.1, -0.05) is 6.92 Å². The average molecular weight is 289 g/mol. The molecule has 2 aliphatic rings. The average Bonchev–Trinajstić information content (AvgIpc) is 2.89. The Morgan fingerprint density at radius 1 is 1.19 bits per heavy atom. The molecule has 0 radical (unpaired) electrons. The van der Waals surface area contributed by atoms with Crippen LogP contribution in [0.3, 0.4) is 0 Å². The molecule has 2 aliphatic heterocycles. The van der Waals surface area contributed by atoms with Crippen molar-refractivity contribution in [2.45, 2.75) is 19.8 Å². The maximum atomic E-state index is 12.2. The fraction of sp³-hybridized carbons (Fsp3) is 0.400. The highest BCUT2D eigenvalue weighted by Gasteiger charge is 2.32. The maximum Gasteiger partial charge on any atom is 0.231 e. The molecular weight excluding hydrogens is 274 g/mol. The summed E-state index contributed by atoms with van der Waals surface area (Å²) >= 11 is 0. The van der Waals surface area contributed by atoms with Gasteiger partial charge in [0.1, 0.15) is 0 Å². The molecule has 2 heterocycles. The van der Waals surface area contributed by atoms with Gasteiger partial charge in [-0.15, -0.1) is 0 Å². The highest BCUT2D eigenvalue weighted by atomic mass is 16.7. The fourth-order valence-corrected chi connectivity index (χ4v) is 2.51. The molecule has 0 unspecified atom stereocenters. The maximum absolute atomic E-state index is 12.2. The molecule has 110 valence electrons. The van der Waals surface area contributed by atoms with E-state index in [4.69, 9.17) is 9.47 Å². The van der Waals surface area contributed by atoms with Crippen LogP contribution in [0, 0.1) is 5.92 Å². The Kier molecular flexibility index (Phi) is 3.37. The van der Waals surface area contributed by atoms with Gasteiger partial charge in [0.15, 0.2) is 17.3 Å². The number of carbonyl (C=O) groups is 3. The van der Waals surface area contributed by atoms with Crippen LogP contribution in [-0.2, 0) is 9.59 Å². The Balaban J connectivity index is 1.74. The normalized spacial score (nSPS) is 18.2. The lowest BCUT2D eigenvalue weighted by Crippen LogP contribution is -2.45. The molecule has 21 heavy (non-hydrogen) atoms. The monoisotopic (exact) mass is 289 g/mol. The third-order valence-corrected chi connectivity index (χ3v) is 3.64. The zero-order chi connectivity index (χ0) is 15.0. The van der Waals surface area contributed by atoms with Crippen LogP contribution in [0.15, 0.2) is 18.2 Å². The number of piperidine rings is 1. The van der Waals surface area contributed by atoms with Crippen LogP contribution in [0.25, 0.3) is 0 Å². The molecule has 1 aromatic rings. The van der Waals surface area contributed by atoms with Crippen LogP contribution in [-0.4, -0.2) is 35.8 Å². The topological polar surface area (TPSA) is 72.9 Å². The van der Waals surface area contributed by atoms with E-state index < -0.39 is 0 Å². The molecule has 0 bridgehead atoms. The Hall–Kier alpha value is -2.37. The Morgan fingerprint density at radius 3 is 2.57 bits per heavy atom. The van der Waals surface area contributed by atoms with Gasteiger partial charge in [-0.2, -0.15) is 0 Å². The number of amides is 2. The summed E-state index contributed by atoms with van der Waals surface area (Å²) in [5.41, 5.74) is 0.401. The number of Topliss-reactive ketones (excluding diaryl/α,β-unsaturated/α-hetero) is 1. The van der Waals surface area contributed by atoms with Gasteiger partial charge in [-0.05, 0) is 24.1 Å². The molecule has 6 heteroatoms. The second kappa shape index (κ2) is 5.20. The first kappa shape index (κ1) is 13.6. The SMILES string of the molecule is CC1CC(=O)N(CC(=O)c2ccc3c(c2)OCO3)C(=O)C1. The predicted octanol–water partition coefficient (Wildman–Crippen LogP) is 1.38. The predicted molar refractivity (Wildman–Crippen MR) is 72.0 cm³/mol. The lowest BCUT2D eigenvalue weighted by molar-refractivity contribution is -0.149. The molecule has 0 aliphatic carbocycles. The summed E-state index contributed by atoms with van der Waals surface area (Å²) in [6.07, 6.45) is 0.611. The molecule has 1 fully saturated rings. The number of hydrogen-bond donors (Lipinski definition) is 0. The van der Waals surface area contributed by atoms with E-state index in [1.165, 1.54) is 0 Å². The summed E-state index contributed by atoms with van der Waals surface area (Å²) in [7, 11) is 0. The quantitative estimate of drug-likeness (QED) is 0.621. The molecular formula is C15H15NO5. The zero-order valence-corrected chi connectivity index (χ0v) is 11.6. The van der Waals surface area contributed by atoms with E-state index in [0.29, 0.717) is 29.9 Å². The summed E-state index contributed by atoms with van der Waals surface area (Å²) in [4.78, 5) is 37.0. The van der Waals surface area contributed by atoms with Gasteiger partial charge in [-0.3, -0.25) is 19.3 Å². The van der Waals surface area contributed by atoms with Crippen molar-refractivity contribution in [1.82, 2.24) is 4.90 Å². The van der Waals surface area contributed by atoms with Gasteiger partial charge in [0.05, 0.1) is 6.54 Å². The van der Waals surface area contributed by atoms with Gasteiger partial charge in [0.25, 0.3) is 0 Å². The van der Waals surface area contributed by atoms with Crippen LogP contribution in [0.2, 0.25) is 0 Å². The molecule has 0 aromatic heterocycles. The van der Waals surface area contributed by atoms with Crippen LogP contribution in [0.1, 0.15) is 30.1 Å². The number of ether oxygens (including phenoxy) is 2. The molecule has 1 aromatic carbocycles.